The van der Waals surface area contributed by atoms with Crippen molar-refractivity contribution in [2.24, 2.45) is 0 Å². The van der Waals surface area contributed by atoms with Crippen LogP contribution in [0.1, 0.15) is 69.8 Å². The second-order valence-electron chi connectivity index (χ2n) is 12.9. The van der Waals surface area contributed by atoms with Gasteiger partial charge in [-0.15, -0.1) is 0 Å². The van der Waals surface area contributed by atoms with Crippen molar-refractivity contribution < 1.29 is 29.0 Å². The lowest BCUT2D eigenvalue weighted by atomic mass is 9.91. The number of phenolic OH excluding ortho intramolecular Hbond substituents is 1. The van der Waals surface area contributed by atoms with Crippen LogP contribution in [-0.2, 0) is 20.7 Å². The summed E-state index contributed by atoms with van der Waals surface area (Å²) in [6, 6.07) is 17.0. The van der Waals surface area contributed by atoms with Crippen molar-refractivity contribution in [1.82, 2.24) is 10.2 Å². The molecule has 0 aliphatic rings. The molecule has 0 saturated carbocycles. The number of benzene rings is 3. The number of anilines is 1. The van der Waals surface area contributed by atoms with Gasteiger partial charge in [0.05, 0.1) is 7.11 Å². The van der Waals surface area contributed by atoms with E-state index in [4.69, 9.17) is 9.47 Å². The molecule has 3 amide bonds. The molecule has 9 heteroatoms. The first-order valence-corrected chi connectivity index (χ1v) is 14.6. The number of alkyl carbamates (subject to hydrolysis) is 1. The molecule has 0 bridgehead atoms. The van der Waals surface area contributed by atoms with Gasteiger partial charge in [-0.3, -0.25) is 9.59 Å². The van der Waals surface area contributed by atoms with Gasteiger partial charge in [-0.1, -0.05) is 35.9 Å². The van der Waals surface area contributed by atoms with E-state index in [9.17, 15) is 19.5 Å². The molecule has 0 radical (unpaired) electrons. The van der Waals surface area contributed by atoms with E-state index in [1.807, 2.05) is 52.8 Å². The number of phenols is 1. The van der Waals surface area contributed by atoms with Gasteiger partial charge in [0, 0.05) is 17.6 Å². The Balaban J connectivity index is 2.13. The molecule has 236 valence electrons. The highest BCUT2D eigenvalue weighted by Gasteiger charge is 2.42. The van der Waals surface area contributed by atoms with E-state index in [1.54, 1.807) is 64.3 Å². The maximum absolute atomic E-state index is 14.7. The summed E-state index contributed by atoms with van der Waals surface area (Å²) in [7, 11) is 1.57. The minimum Gasteiger partial charge on any atom is -0.508 e. The standard InChI is InChI=1S/C35H45N3O6/c1-22-10-19-28(23(2)20-22)30(31(40)36-25-13-17-27(43-9)18-14-25)38(34(3,4)5)32(41)29(37-33(42)44-35(6,7)8)21-24-11-15-26(39)16-12-24/h10-20,29-30,39H,21H2,1-9H3,(H,36,40)(H,37,42). The van der Waals surface area contributed by atoms with E-state index < -0.39 is 41.1 Å². The number of hydrogen-bond donors (Lipinski definition) is 3. The number of nitrogens with one attached hydrogen (secondary N) is 2. The summed E-state index contributed by atoms with van der Waals surface area (Å²) in [5.74, 6) is -0.152. The number of amides is 3. The summed E-state index contributed by atoms with van der Waals surface area (Å²) in [4.78, 5) is 43.5. The molecule has 9 nitrogen and oxygen atoms in total. The average molecular weight is 604 g/mol. The molecular weight excluding hydrogens is 558 g/mol. The van der Waals surface area contributed by atoms with Crippen LogP contribution in [0.25, 0.3) is 0 Å². The molecule has 0 aliphatic carbocycles. The number of nitrogens with zero attached hydrogens (tertiary/aromatic N) is 1. The average Bonchev–Trinajstić information content (AvgIpc) is 2.91. The van der Waals surface area contributed by atoms with Crippen molar-refractivity contribution in [2.75, 3.05) is 12.4 Å². The van der Waals surface area contributed by atoms with Crippen LogP contribution >= 0.6 is 0 Å². The maximum atomic E-state index is 14.7. The normalized spacial score (nSPS) is 12.9. The monoisotopic (exact) mass is 603 g/mol. The first-order chi connectivity index (χ1) is 20.5. The predicted molar refractivity (Wildman–Crippen MR) is 172 cm³/mol. The highest BCUT2D eigenvalue weighted by Crippen LogP contribution is 2.33. The van der Waals surface area contributed by atoms with E-state index in [1.165, 1.54) is 17.0 Å². The van der Waals surface area contributed by atoms with Gasteiger partial charge in [0.15, 0.2) is 0 Å². The molecule has 3 rings (SSSR count). The summed E-state index contributed by atoms with van der Waals surface area (Å²) < 4.78 is 10.8. The number of carbonyl (C=O) groups excluding carboxylic acids is 3. The van der Waals surface area contributed by atoms with E-state index in [2.05, 4.69) is 10.6 Å². The number of methoxy groups -OCH3 is 1. The number of aromatic hydroxyl groups is 1. The van der Waals surface area contributed by atoms with Gasteiger partial charge >= 0.3 is 6.09 Å². The molecule has 0 aliphatic heterocycles. The summed E-state index contributed by atoms with van der Waals surface area (Å²) >= 11 is 0. The van der Waals surface area contributed by atoms with E-state index in [0.29, 0.717) is 22.6 Å². The first kappa shape index (κ1) is 34.0. The lowest BCUT2D eigenvalue weighted by Crippen LogP contribution is -2.58. The van der Waals surface area contributed by atoms with Crippen molar-refractivity contribution in [3.8, 4) is 11.5 Å². The van der Waals surface area contributed by atoms with Gasteiger partial charge in [-0.25, -0.2) is 4.79 Å². The van der Waals surface area contributed by atoms with Crippen LogP contribution in [0, 0.1) is 13.8 Å². The van der Waals surface area contributed by atoms with Crippen LogP contribution in [0.3, 0.4) is 0 Å². The van der Waals surface area contributed by atoms with Crippen LogP contribution in [0.4, 0.5) is 10.5 Å². The van der Waals surface area contributed by atoms with Crippen molar-refractivity contribution in [3.05, 3.63) is 89.0 Å². The van der Waals surface area contributed by atoms with Gasteiger partial charge in [-0.05, 0) is 108 Å². The number of hydrogen-bond acceptors (Lipinski definition) is 6. The number of ether oxygens (including phenoxy) is 2. The Morgan fingerprint density at radius 1 is 0.886 bits per heavy atom. The van der Waals surface area contributed by atoms with E-state index >= 15 is 0 Å². The summed E-state index contributed by atoms with van der Waals surface area (Å²) in [6.45, 7) is 14.7. The lowest BCUT2D eigenvalue weighted by molar-refractivity contribution is -0.146. The van der Waals surface area contributed by atoms with E-state index in [0.717, 1.165) is 11.1 Å². The Labute approximate surface area is 260 Å². The highest BCUT2D eigenvalue weighted by atomic mass is 16.6. The van der Waals surface area contributed by atoms with Crippen LogP contribution in [0.15, 0.2) is 66.7 Å². The van der Waals surface area contributed by atoms with Gasteiger partial charge in [0.1, 0.15) is 29.2 Å². The first-order valence-electron chi connectivity index (χ1n) is 14.6. The van der Waals surface area contributed by atoms with Crippen LogP contribution in [0.2, 0.25) is 0 Å². The molecule has 2 atom stereocenters. The summed E-state index contributed by atoms with van der Waals surface area (Å²) in [6.07, 6.45) is -0.654. The fraction of sp³-hybridized carbons (Fsp3) is 0.400. The molecule has 44 heavy (non-hydrogen) atoms. The Kier molecular flexibility index (Phi) is 10.7. The zero-order valence-electron chi connectivity index (χ0n) is 27.1. The highest BCUT2D eigenvalue weighted by molar-refractivity contribution is 5.99. The Hall–Kier alpha value is -4.53. The second kappa shape index (κ2) is 13.8. The second-order valence-corrected chi connectivity index (χ2v) is 12.9. The van der Waals surface area contributed by atoms with Crippen molar-refractivity contribution in [3.63, 3.8) is 0 Å². The molecule has 3 aromatic carbocycles. The molecule has 3 N–H and O–H groups in total. The molecule has 0 fully saturated rings. The molecule has 0 saturated heterocycles. The molecular formula is C35H45N3O6. The zero-order chi connectivity index (χ0) is 32.8. The van der Waals surface area contributed by atoms with Gasteiger partial charge in [0.25, 0.3) is 5.91 Å². The SMILES string of the molecule is COc1ccc(NC(=O)C(c2ccc(C)cc2C)N(C(=O)C(Cc2ccc(O)cc2)NC(=O)OC(C)(C)C)C(C)(C)C)cc1. The molecule has 0 aromatic heterocycles. The summed E-state index contributed by atoms with van der Waals surface area (Å²) in [5.41, 5.74) is 2.11. The third kappa shape index (κ3) is 9.23. The number of rotatable bonds is 9. The fourth-order valence-corrected chi connectivity index (χ4v) is 4.95. The smallest absolute Gasteiger partial charge is 0.408 e. The van der Waals surface area contributed by atoms with Crippen LogP contribution in [-0.4, -0.2) is 52.2 Å². The Bertz CT molecular complexity index is 1450. The van der Waals surface area contributed by atoms with Crippen molar-refractivity contribution in [2.45, 2.75) is 85.0 Å². The minimum atomic E-state index is -1.09. The Morgan fingerprint density at radius 3 is 2.02 bits per heavy atom. The number of carbonyl (C=O) groups is 3. The lowest BCUT2D eigenvalue weighted by Gasteiger charge is -2.43. The predicted octanol–water partition coefficient (Wildman–Crippen LogP) is 6.46. The van der Waals surface area contributed by atoms with E-state index in [-0.39, 0.29) is 12.2 Å². The molecule has 3 aromatic rings. The number of aryl methyl sites for hydroxylation is 2. The third-order valence-corrected chi connectivity index (χ3v) is 6.91. The third-order valence-electron chi connectivity index (χ3n) is 6.91. The van der Waals surface area contributed by atoms with Crippen molar-refractivity contribution >= 4 is 23.6 Å². The fourth-order valence-electron chi connectivity index (χ4n) is 4.95. The summed E-state index contributed by atoms with van der Waals surface area (Å²) in [5, 5.41) is 15.5. The largest absolute Gasteiger partial charge is 0.508 e. The quantitative estimate of drug-likeness (QED) is 0.258. The minimum absolute atomic E-state index is 0.0816. The topological polar surface area (TPSA) is 117 Å². The zero-order valence-corrected chi connectivity index (χ0v) is 27.1. The maximum Gasteiger partial charge on any atom is 0.408 e. The molecule has 2 unspecified atom stereocenters. The van der Waals surface area contributed by atoms with Gasteiger partial charge < -0.3 is 30.1 Å². The van der Waals surface area contributed by atoms with Crippen LogP contribution < -0.4 is 15.4 Å². The Morgan fingerprint density at radius 2 is 1.50 bits per heavy atom. The molecule has 0 spiro atoms. The van der Waals surface area contributed by atoms with Gasteiger partial charge in [-0.2, -0.15) is 0 Å². The molecule has 0 heterocycles. The van der Waals surface area contributed by atoms with Crippen LogP contribution in [0.5, 0.6) is 11.5 Å². The van der Waals surface area contributed by atoms with Gasteiger partial charge in [0.2, 0.25) is 5.91 Å². The van der Waals surface area contributed by atoms with Crippen molar-refractivity contribution in [1.29, 1.82) is 0 Å².